The largest absolute Gasteiger partial charge is 0.493 e. The van der Waals surface area contributed by atoms with E-state index in [2.05, 4.69) is 33.4 Å². The molecular weight excluding hydrogens is 372 g/mol. The van der Waals surface area contributed by atoms with Crippen LogP contribution in [0.25, 0.3) is 0 Å². The predicted molar refractivity (Wildman–Crippen MR) is 97.2 cm³/mol. The summed E-state index contributed by atoms with van der Waals surface area (Å²) in [6, 6.07) is 14.0. The monoisotopic (exact) mass is 392 g/mol. The van der Waals surface area contributed by atoms with Crippen molar-refractivity contribution in [2.24, 2.45) is 5.73 Å². The van der Waals surface area contributed by atoms with Crippen LogP contribution in [0.1, 0.15) is 11.1 Å². The van der Waals surface area contributed by atoms with Gasteiger partial charge in [0.1, 0.15) is 0 Å². The summed E-state index contributed by atoms with van der Waals surface area (Å²) in [6.07, 6.45) is 0.968. The molecule has 5 nitrogen and oxygen atoms in total. The summed E-state index contributed by atoms with van der Waals surface area (Å²) in [6.45, 7) is 1.38. The van der Waals surface area contributed by atoms with Crippen molar-refractivity contribution >= 4 is 21.8 Å². The van der Waals surface area contributed by atoms with Crippen molar-refractivity contribution in [1.29, 1.82) is 0 Å². The first-order valence-electron chi connectivity index (χ1n) is 7.62. The SMILES string of the molecule is COc1cc(CNCCc2ccccc2)c(Br)cc1OCC(N)=O. The highest BCUT2D eigenvalue weighted by Gasteiger charge is 2.11. The molecule has 1 amide bonds. The van der Waals surface area contributed by atoms with Gasteiger partial charge in [-0.15, -0.1) is 0 Å². The van der Waals surface area contributed by atoms with E-state index in [4.69, 9.17) is 15.2 Å². The molecule has 6 heteroatoms. The lowest BCUT2D eigenvalue weighted by molar-refractivity contribution is -0.119. The van der Waals surface area contributed by atoms with Gasteiger partial charge in [0.2, 0.25) is 0 Å². The van der Waals surface area contributed by atoms with E-state index in [0.717, 1.165) is 23.0 Å². The van der Waals surface area contributed by atoms with Gasteiger partial charge in [-0.25, -0.2) is 0 Å². The summed E-state index contributed by atoms with van der Waals surface area (Å²) >= 11 is 3.52. The maximum Gasteiger partial charge on any atom is 0.255 e. The number of hydrogen-bond donors (Lipinski definition) is 2. The third-order valence-corrected chi connectivity index (χ3v) is 4.19. The highest BCUT2D eigenvalue weighted by Crippen LogP contribution is 2.33. The first-order valence-corrected chi connectivity index (χ1v) is 8.41. The van der Waals surface area contributed by atoms with Crippen LogP contribution in [0.15, 0.2) is 46.9 Å². The van der Waals surface area contributed by atoms with Crippen molar-refractivity contribution in [1.82, 2.24) is 5.32 Å². The average Bonchev–Trinajstić information content (AvgIpc) is 2.59. The molecule has 0 saturated heterocycles. The van der Waals surface area contributed by atoms with Crippen LogP contribution in [0.5, 0.6) is 11.5 Å². The zero-order valence-electron chi connectivity index (χ0n) is 13.5. The molecule has 2 rings (SSSR count). The van der Waals surface area contributed by atoms with Crippen LogP contribution in [0.2, 0.25) is 0 Å². The van der Waals surface area contributed by atoms with Crippen molar-refractivity contribution in [3.63, 3.8) is 0 Å². The Bertz CT molecular complexity index is 677. The van der Waals surface area contributed by atoms with Gasteiger partial charge < -0.3 is 20.5 Å². The Balaban J connectivity index is 1.93. The number of rotatable bonds is 9. The number of primary amides is 1. The maximum atomic E-state index is 10.9. The lowest BCUT2D eigenvalue weighted by Gasteiger charge is -2.14. The minimum absolute atomic E-state index is 0.183. The van der Waals surface area contributed by atoms with Gasteiger partial charge in [-0.1, -0.05) is 46.3 Å². The van der Waals surface area contributed by atoms with Crippen molar-refractivity contribution in [2.75, 3.05) is 20.3 Å². The number of nitrogens with one attached hydrogen (secondary N) is 1. The molecule has 0 radical (unpaired) electrons. The Morgan fingerprint density at radius 1 is 1.21 bits per heavy atom. The van der Waals surface area contributed by atoms with Crippen LogP contribution in [-0.4, -0.2) is 26.2 Å². The molecule has 0 saturated carbocycles. The summed E-state index contributed by atoms with van der Waals surface area (Å²) in [5.74, 6) is 0.523. The van der Waals surface area contributed by atoms with Crippen molar-refractivity contribution in [3.05, 3.63) is 58.1 Å². The van der Waals surface area contributed by atoms with E-state index in [1.807, 2.05) is 24.3 Å². The minimum atomic E-state index is -0.528. The number of halogens is 1. The van der Waals surface area contributed by atoms with E-state index in [1.54, 1.807) is 13.2 Å². The molecule has 0 aliphatic rings. The number of benzene rings is 2. The van der Waals surface area contributed by atoms with E-state index >= 15 is 0 Å². The summed E-state index contributed by atoms with van der Waals surface area (Å²) in [5, 5.41) is 3.41. The molecule has 0 fully saturated rings. The molecular formula is C18H21BrN2O3. The minimum Gasteiger partial charge on any atom is -0.493 e. The molecule has 3 N–H and O–H groups in total. The van der Waals surface area contributed by atoms with Crippen LogP contribution in [-0.2, 0) is 17.8 Å². The normalized spacial score (nSPS) is 10.4. The summed E-state index contributed by atoms with van der Waals surface area (Å²) < 4.78 is 11.6. The van der Waals surface area contributed by atoms with Gasteiger partial charge in [-0.2, -0.15) is 0 Å². The third-order valence-electron chi connectivity index (χ3n) is 3.45. The van der Waals surface area contributed by atoms with Gasteiger partial charge >= 0.3 is 0 Å². The molecule has 0 unspecified atom stereocenters. The van der Waals surface area contributed by atoms with Crippen molar-refractivity contribution in [2.45, 2.75) is 13.0 Å². The molecule has 128 valence electrons. The molecule has 24 heavy (non-hydrogen) atoms. The molecule has 0 aliphatic heterocycles. The van der Waals surface area contributed by atoms with Crippen molar-refractivity contribution < 1.29 is 14.3 Å². The molecule has 0 aliphatic carbocycles. The van der Waals surface area contributed by atoms with Crippen LogP contribution in [0.4, 0.5) is 0 Å². The number of nitrogens with two attached hydrogens (primary N) is 1. The summed E-state index contributed by atoms with van der Waals surface area (Å²) in [5.41, 5.74) is 7.45. The number of hydrogen-bond acceptors (Lipinski definition) is 4. The molecule has 0 bridgehead atoms. The first-order chi connectivity index (χ1) is 11.6. The van der Waals surface area contributed by atoms with Gasteiger partial charge in [0.15, 0.2) is 18.1 Å². The number of ether oxygens (including phenoxy) is 2. The predicted octanol–water partition coefficient (Wildman–Crippen LogP) is 2.65. The second kappa shape index (κ2) is 9.30. The highest BCUT2D eigenvalue weighted by molar-refractivity contribution is 9.10. The fourth-order valence-corrected chi connectivity index (χ4v) is 2.70. The number of carbonyl (C=O) groups excluding carboxylic acids is 1. The smallest absolute Gasteiger partial charge is 0.255 e. The Hall–Kier alpha value is -2.05. The van der Waals surface area contributed by atoms with Crippen LogP contribution in [0, 0.1) is 0 Å². The van der Waals surface area contributed by atoms with E-state index in [0.29, 0.717) is 18.0 Å². The van der Waals surface area contributed by atoms with Gasteiger partial charge in [0.05, 0.1) is 7.11 Å². The first kappa shape index (κ1) is 18.3. The summed E-state index contributed by atoms with van der Waals surface area (Å²) in [4.78, 5) is 10.9. The van der Waals surface area contributed by atoms with Crippen LogP contribution >= 0.6 is 15.9 Å². The molecule has 0 aromatic heterocycles. The number of carbonyl (C=O) groups is 1. The standard InChI is InChI=1S/C18H21BrN2O3/c1-23-16-9-14(15(19)10-17(16)24-12-18(20)22)11-21-8-7-13-5-3-2-4-6-13/h2-6,9-10,21H,7-8,11-12H2,1H3,(H2,20,22). The quantitative estimate of drug-likeness (QED) is 0.643. The van der Waals surface area contributed by atoms with E-state index < -0.39 is 5.91 Å². The fourth-order valence-electron chi connectivity index (χ4n) is 2.23. The van der Waals surface area contributed by atoms with Crippen molar-refractivity contribution in [3.8, 4) is 11.5 Å². The zero-order valence-corrected chi connectivity index (χ0v) is 15.1. The Kier molecular flexibility index (Phi) is 7.08. The maximum absolute atomic E-state index is 10.9. The lowest BCUT2D eigenvalue weighted by Crippen LogP contribution is -2.20. The van der Waals surface area contributed by atoms with E-state index in [9.17, 15) is 4.79 Å². The van der Waals surface area contributed by atoms with Crippen LogP contribution < -0.4 is 20.5 Å². The molecule has 0 heterocycles. The molecule has 0 spiro atoms. The molecule has 0 atom stereocenters. The lowest BCUT2D eigenvalue weighted by atomic mass is 10.1. The van der Waals surface area contributed by atoms with Gasteiger partial charge in [-0.3, -0.25) is 4.79 Å². The Morgan fingerprint density at radius 2 is 1.96 bits per heavy atom. The van der Waals surface area contributed by atoms with E-state index in [1.165, 1.54) is 5.56 Å². The third kappa shape index (κ3) is 5.54. The second-order valence-electron chi connectivity index (χ2n) is 5.26. The van der Waals surface area contributed by atoms with Gasteiger partial charge in [0.25, 0.3) is 5.91 Å². The number of methoxy groups -OCH3 is 1. The Labute approximate surface area is 150 Å². The summed E-state index contributed by atoms with van der Waals surface area (Å²) in [7, 11) is 1.56. The number of amides is 1. The molecule has 2 aromatic rings. The average molecular weight is 393 g/mol. The fraction of sp³-hybridized carbons (Fsp3) is 0.278. The van der Waals surface area contributed by atoms with Crippen LogP contribution in [0.3, 0.4) is 0 Å². The van der Waals surface area contributed by atoms with Gasteiger partial charge in [0, 0.05) is 11.0 Å². The second-order valence-corrected chi connectivity index (χ2v) is 6.12. The molecule has 2 aromatic carbocycles. The zero-order chi connectivity index (χ0) is 17.4. The van der Waals surface area contributed by atoms with E-state index in [-0.39, 0.29) is 6.61 Å². The van der Waals surface area contributed by atoms with Gasteiger partial charge in [-0.05, 0) is 36.2 Å². The Morgan fingerprint density at radius 3 is 2.62 bits per heavy atom. The highest BCUT2D eigenvalue weighted by atomic mass is 79.9. The topological polar surface area (TPSA) is 73.6 Å².